The molecule has 3 heterocycles. The summed E-state index contributed by atoms with van der Waals surface area (Å²) in [7, 11) is 0. The average molecular weight is 342 g/mol. The first-order valence-corrected chi connectivity index (χ1v) is 8.44. The lowest BCUT2D eigenvalue weighted by Gasteiger charge is -2.10. The fourth-order valence-corrected chi connectivity index (χ4v) is 2.96. The number of nitrogens with one attached hydrogen (secondary N) is 2. The van der Waals surface area contributed by atoms with Gasteiger partial charge < -0.3 is 10.3 Å². The molecule has 5 heteroatoms. The van der Waals surface area contributed by atoms with E-state index in [1.54, 1.807) is 13.1 Å². The van der Waals surface area contributed by atoms with E-state index in [2.05, 4.69) is 20.3 Å². The third kappa shape index (κ3) is 3.19. The predicted molar refractivity (Wildman–Crippen MR) is 103 cm³/mol. The topological polar surface area (TPSA) is 70.7 Å². The molecule has 26 heavy (non-hydrogen) atoms. The highest BCUT2D eigenvalue weighted by atomic mass is 16.1. The molecule has 0 radical (unpaired) electrons. The first-order chi connectivity index (χ1) is 12.7. The molecule has 0 saturated carbocycles. The van der Waals surface area contributed by atoms with E-state index >= 15 is 0 Å². The van der Waals surface area contributed by atoms with Gasteiger partial charge in [-0.3, -0.25) is 9.78 Å². The third-order valence-corrected chi connectivity index (χ3v) is 4.29. The minimum Gasteiger partial charge on any atom is -0.364 e. The van der Waals surface area contributed by atoms with Crippen LogP contribution in [0.15, 0.2) is 67.0 Å². The second-order valence-corrected chi connectivity index (χ2v) is 6.11. The minimum absolute atomic E-state index is 0.0553. The van der Waals surface area contributed by atoms with E-state index in [9.17, 15) is 4.79 Å². The molecule has 5 nitrogen and oxygen atoms in total. The Kier molecular flexibility index (Phi) is 4.19. The van der Waals surface area contributed by atoms with Gasteiger partial charge in [0, 0.05) is 23.3 Å². The van der Waals surface area contributed by atoms with Gasteiger partial charge in [0.1, 0.15) is 11.5 Å². The number of H-pyrrole nitrogens is 1. The van der Waals surface area contributed by atoms with Gasteiger partial charge in [-0.05, 0) is 48.4 Å². The number of carbonyl (C=O) groups is 1. The van der Waals surface area contributed by atoms with Crippen molar-refractivity contribution in [2.24, 2.45) is 0 Å². The first-order valence-electron chi connectivity index (χ1n) is 8.44. The quantitative estimate of drug-likeness (QED) is 0.526. The zero-order chi connectivity index (χ0) is 17.9. The van der Waals surface area contributed by atoms with Crippen molar-refractivity contribution >= 4 is 22.6 Å². The Bertz CT molecular complexity index is 1070. The number of ketones is 1. The zero-order valence-electron chi connectivity index (χ0n) is 14.4. The SMILES string of the molecule is CC(=O)c1cccc(-c2cc(NCc3ccccn3)nc3[nH]ccc23)c1. The minimum atomic E-state index is 0.0553. The number of carbonyl (C=O) groups excluding carboxylic acids is 1. The Morgan fingerprint density at radius 3 is 2.85 bits per heavy atom. The van der Waals surface area contributed by atoms with Gasteiger partial charge in [0.25, 0.3) is 0 Å². The number of pyridine rings is 2. The van der Waals surface area contributed by atoms with Gasteiger partial charge in [-0.1, -0.05) is 24.3 Å². The molecule has 3 aromatic heterocycles. The van der Waals surface area contributed by atoms with Gasteiger partial charge in [0.15, 0.2) is 5.78 Å². The summed E-state index contributed by atoms with van der Waals surface area (Å²) in [5, 5.41) is 4.35. The van der Waals surface area contributed by atoms with E-state index < -0.39 is 0 Å². The van der Waals surface area contributed by atoms with Crippen LogP contribution in [-0.2, 0) is 6.54 Å². The lowest BCUT2D eigenvalue weighted by atomic mass is 10.00. The van der Waals surface area contributed by atoms with Gasteiger partial charge in [-0.2, -0.15) is 0 Å². The van der Waals surface area contributed by atoms with Crippen LogP contribution in [0, 0.1) is 0 Å². The third-order valence-electron chi connectivity index (χ3n) is 4.29. The molecule has 2 N–H and O–H groups in total. The molecule has 128 valence electrons. The van der Waals surface area contributed by atoms with Crippen molar-refractivity contribution < 1.29 is 4.79 Å². The summed E-state index contributed by atoms with van der Waals surface area (Å²) in [6.07, 6.45) is 3.65. The van der Waals surface area contributed by atoms with Crippen LogP contribution in [0.1, 0.15) is 23.0 Å². The molecule has 0 unspecified atom stereocenters. The Balaban J connectivity index is 1.73. The molecule has 4 rings (SSSR count). The molecule has 0 aliphatic rings. The van der Waals surface area contributed by atoms with E-state index in [1.807, 2.05) is 60.8 Å². The highest BCUT2D eigenvalue weighted by Gasteiger charge is 2.10. The number of aromatic nitrogens is 3. The van der Waals surface area contributed by atoms with Crippen LogP contribution in [0.5, 0.6) is 0 Å². The Hall–Kier alpha value is -3.47. The van der Waals surface area contributed by atoms with Crippen LogP contribution in [-0.4, -0.2) is 20.7 Å². The maximum absolute atomic E-state index is 11.7. The van der Waals surface area contributed by atoms with E-state index in [4.69, 9.17) is 0 Å². The molecule has 0 saturated heterocycles. The molecule has 0 bridgehead atoms. The molecule has 0 amide bonds. The molecule has 0 fully saturated rings. The molecule has 1 aromatic carbocycles. The smallest absolute Gasteiger partial charge is 0.159 e. The number of hydrogen-bond acceptors (Lipinski definition) is 4. The van der Waals surface area contributed by atoms with Crippen molar-refractivity contribution in [2.75, 3.05) is 5.32 Å². The molecule has 0 spiro atoms. The average Bonchev–Trinajstić information content (AvgIpc) is 3.15. The summed E-state index contributed by atoms with van der Waals surface area (Å²) in [6.45, 7) is 2.17. The van der Waals surface area contributed by atoms with Crippen molar-refractivity contribution in [1.82, 2.24) is 15.0 Å². The Labute approximate surface area is 151 Å². The number of hydrogen-bond donors (Lipinski definition) is 2. The number of nitrogens with zero attached hydrogens (tertiary/aromatic N) is 2. The molecule has 0 aliphatic carbocycles. The van der Waals surface area contributed by atoms with Gasteiger partial charge in [-0.25, -0.2) is 4.98 Å². The standard InChI is InChI=1S/C21H18N4O/c1-14(26)15-5-4-6-16(11-15)19-12-20(25-21-18(19)8-10-23-21)24-13-17-7-2-3-9-22-17/h2-12H,13H2,1H3,(H2,23,24,25). The lowest BCUT2D eigenvalue weighted by Crippen LogP contribution is -2.03. The fraction of sp³-hybridized carbons (Fsp3) is 0.0952. The maximum atomic E-state index is 11.7. The van der Waals surface area contributed by atoms with Crippen molar-refractivity contribution in [3.8, 4) is 11.1 Å². The summed E-state index contributed by atoms with van der Waals surface area (Å²) in [4.78, 5) is 23.9. The number of Topliss-reactive ketones (excluding diaryl/α,β-unsaturated/α-hetero) is 1. The summed E-state index contributed by atoms with van der Waals surface area (Å²) in [5.74, 6) is 0.813. The predicted octanol–water partition coefficient (Wildman–Crippen LogP) is 4.44. The van der Waals surface area contributed by atoms with Crippen molar-refractivity contribution in [3.63, 3.8) is 0 Å². The molecule has 0 atom stereocenters. The van der Waals surface area contributed by atoms with E-state index in [0.29, 0.717) is 12.1 Å². The normalized spacial score (nSPS) is 10.8. The summed E-state index contributed by atoms with van der Waals surface area (Å²) in [6, 6.07) is 17.5. The van der Waals surface area contributed by atoms with Crippen LogP contribution >= 0.6 is 0 Å². The van der Waals surface area contributed by atoms with Gasteiger partial charge >= 0.3 is 0 Å². The monoisotopic (exact) mass is 342 g/mol. The van der Waals surface area contributed by atoms with Gasteiger partial charge in [0.05, 0.1) is 12.2 Å². The van der Waals surface area contributed by atoms with E-state index in [-0.39, 0.29) is 5.78 Å². The summed E-state index contributed by atoms with van der Waals surface area (Å²) < 4.78 is 0. The summed E-state index contributed by atoms with van der Waals surface area (Å²) in [5.41, 5.74) is 4.47. The second-order valence-electron chi connectivity index (χ2n) is 6.11. The number of fused-ring (bicyclic) bond motifs is 1. The van der Waals surface area contributed by atoms with Crippen LogP contribution < -0.4 is 5.32 Å². The van der Waals surface area contributed by atoms with E-state index in [0.717, 1.165) is 33.7 Å². The Morgan fingerprint density at radius 2 is 2.04 bits per heavy atom. The number of benzene rings is 1. The molecule has 4 aromatic rings. The van der Waals surface area contributed by atoms with Crippen LogP contribution in [0.25, 0.3) is 22.2 Å². The molecular formula is C21H18N4O. The number of aromatic amines is 1. The van der Waals surface area contributed by atoms with Crippen LogP contribution in [0.3, 0.4) is 0 Å². The van der Waals surface area contributed by atoms with Crippen LogP contribution in [0.4, 0.5) is 5.82 Å². The van der Waals surface area contributed by atoms with Crippen LogP contribution in [0.2, 0.25) is 0 Å². The first kappa shape index (κ1) is 16.0. The lowest BCUT2D eigenvalue weighted by molar-refractivity contribution is 0.101. The maximum Gasteiger partial charge on any atom is 0.159 e. The van der Waals surface area contributed by atoms with Crippen molar-refractivity contribution in [2.45, 2.75) is 13.5 Å². The zero-order valence-corrected chi connectivity index (χ0v) is 14.4. The highest BCUT2D eigenvalue weighted by molar-refractivity contribution is 5.98. The van der Waals surface area contributed by atoms with Gasteiger partial charge in [-0.15, -0.1) is 0 Å². The van der Waals surface area contributed by atoms with Crippen molar-refractivity contribution in [1.29, 1.82) is 0 Å². The van der Waals surface area contributed by atoms with Crippen molar-refractivity contribution in [3.05, 3.63) is 78.2 Å². The number of rotatable bonds is 5. The molecular weight excluding hydrogens is 324 g/mol. The summed E-state index contributed by atoms with van der Waals surface area (Å²) >= 11 is 0. The fourth-order valence-electron chi connectivity index (χ4n) is 2.96. The molecule has 0 aliphatic heterocycles. The number of anilines is 1. The Morgan fingerprint density at radius 1 is 1.12 bits per heavy atom. The van der Waals surface area contributed by atoms with E-state index in [1.165, 1.54) is 0 Å². The van der Waals surface area contributed by atoms with Gasteiger partial charge in [0.2, 0.25) is 0 Å². The largest absolute Gasteiger partial charge is 0.364 e. The highest BCUT2D eigenvalue weighted by Crippen LogP contribution is 2.30. The second kappa shape index (κ2) is 6.80.